The van der Waals surface area contributed by atoms with Crippen molar-refractivity contribution in [3.05, 3.63) is 306 Å². The van der Waals surface area contributed by atoms with E-state index < -0.39 is 143 Å². The van der Waals surface area contributed by atoms with Crippen LogP contribution in [0, 0.1) is 129 Å². The molecule has 0 saturated carbocycles. The number of aromatic nitrogens is 3. The maximum atomic E-state index is 16.6. The molecule has 0 radical (unpaired) electrons. The Morgan fingerprint density at radius 1 is 0.275 bits per heavy atom. The van der Waals surface area contributed by atoms with Gasteiger partial charge >= 0.3 is 0 Å². The highest BCUT2D eigenvalue weighted by Gasteiger charge is 2.36. The summed E-state index contributed by atoms with van der Waals surface area (Å²) < 4.78 is 238. The Kier molecular flexibility index (Phi) is 15.0. The third-order valence-corrected chi connectivity index (χ3v) is 19.5. The van der Waals surface area contributed by atoms with Crippen molar-refractivity contribution in [1.82, 2.24) is 15.0 Å². The van der Waals surface area contributed by atoms with E-state index in [4.69, 9.17) is 0 Å². The first-order valence-corrected chi connectivity index (χ1v) is 29.9. The molecule has 0 amide bonds. The van der Waals surface area contributed by atoms with Crippen LogP contribution in [0.4, 0.5) is 65.9 Å². The number of benzene rings is 5. The van der Waals surface area contributed by atoms with Crippen LogP contribution in [0.15, 0.2) is 120 Å². The molecule has 3 N–H and O–H groups in total. The maximum Gasteiger partial charge on any atom is 0.200 e. The number of rotatable bonds is 5. The molecule has 0 atom stereocenters. The number of aromatic amines is 3. The number of fused-ring (bicyclic) bond motifs is 15. The number of halogens is 15. The number of hydrogen-bond donors (Lipinski definition) is 3. The average Bonchev–Trinajstić information content (AvgIpc) is 1.75. The van der Waals surface area contributed by atoms with E-state index >= 15 is 52.7 Å². The Hall–Kier alpha value is -9.38. The maximum absolute atomic E-state index is 16.6. The summed E-state index contributed by atoms with van der Waals surface area (Å²) in [6.45, 7) is 11.2. The Bertz CT molecular complexity index is 5260. The molecular formula is C69H39F15N4S3. The van der Waals surface area contributed by atoms with E-state index in [0.717, 1.165) is 77.2 Å². The largest absolute Gasteiger partial charge is 0.354 e. The number of hydrogen-bond acceptors (Lipinski definition) is 4. The zero-order chi connectivity index (χ0) is 64.7. The van der Waals surface area contributed by atoms with E-state index in [9.17, 15) is 13.2 Å². The molecule has 91 heavy (non-hydrogen) atoms. The number of nitrogens with one attached hydrogen (secondary N) is 3. The van der Waals surface area contributed by atoms with Crippen molar-refractivity contribution in [3.63, 3.8) is 0 Å². The van der Waals surface area contributed by atoms with E-state index in [0.29, 0.717) is 32.0 Å². The quantitative estimate of drug-likeness (QED) is 0.0874. The minimum Gasteiger partial charge on any atom is -0.354 e. The van der Waals surface area contributed by atoms with Crippen LogP contribution in [0.2, 0.25) is 0 Å². The van der Waals surface area contributed by atoms with Crippen LogP contribution < -0.4 is 21.4 Å². The number of H-pyrrole nitrogens is 3. The first-order chi connectivity index (χ1) is 43.3. The fraction of sp³-hybridized carbons (Fsp3) is 0.0870. The van der Waals surface area contributed by atoms with Gasteiger partial charge in [-0.3, -0.25) is 0 Å². The lowest BCUT2D eigenvalue weighted by molar-refractivity contribution is 0.376. The first-order valence-electron chi connectivity index (χ1n) is 27.4. The highest BCUT2D eigenvalue weighted by Crippen LogP contribution is 2.45. The van der Waals surface area contributed by atoms with Crippen molar-refractivity contribution in [2.45, 2.75) is 41.5 Å². The molecule has 2 aliphatic rings. The molecule has 458 valence electrons. The molecule has 0 fully saturated rings. The minimum atomic E-state index is -2.62. The van der Waals surface area contributed by atoms with E-state index in [1.54, 1.807) is 0 Å². The molecule has 8 heterocycles. The topological polar surface area (TPSA) is 59.7 Å². The standard InChI is InChI=1S/C69H39F15N4S3/c1-25-21-27(3)45(28(4)22-25)50-37-13-11-35(87-37)48(53-57(72)63(78)68(83)64(79)58(53)73)33-9-7-31(85-33)47(52-55(70)61(76)67(82)62(77)56(52)71)32-8-10-34(86-32)49(54-59(74)65(80)69(84)66(81)60(54)75)36-12-14-38(88-36)51(46-29(5)23-26(2)24-30(46)6)44-20-18-42(91-44)40-16-15-39(89-40)41-17-19-43(50)90-41/h7-24,85,87-88H,1-6H3/b41-39?,42-40?,47-31?,47-32-,48-33?,48-35+,49-34?,49-36+,50-37+,50-43?,51-38+,51-44?. The van der Waals surface area contributed by atoms with Gasteiger partial charge in [0.25, 0.3) is 0 Å². The summed E-state index contributed by atoms with van der Waals surface area (Å²) in [6, 6.07) is 26.4. The third kappa shape index (κ3) is 9.79. The second kappa shape index (κ2) is 22.5. The summed E-state index contributed by atoms with van der Waals surface area (Å²) in [4.78, 5) is 17.8. The molecule has 14 bridgehead atoms. The summed E-state index contributed by atoms with van der Waals surface area (Å²) in [7, 11) is 0. The van der Waals surface area contributed by atoms with Crippen molar-refractivity contribution >= 4 is 67.6 Å². The van der Waals surface area contributed by atoms with Gasteiger partial charge in [0, 0.05) is 89.9 Å². The Labute approximate surface area is 517 Å². The molecule has 0 saturated heterocycles. The molecular weight excluding hydrogens is 1270 g/mol. The molecule has 11 aromatic rings. The molecule has 6 aromatic heterocycles. The molecule has 2 aliphatic heterocycles. The van der Waals surface area contributed by atoms with Crippen LogP contribution >= 0.6 is 34.0 Å². The lowest BCUT2D eigenvalue weighted by Crippen LogP contribution is -2.22. The number of thiophene rings is 3. The Balaban J connectivity index is 1.20. The van der Waals surface area contributed by atoms with Crippen molar-refractivity contribution < 1.29 is 65.9 Å². The minimum absolute atomic E-state index is 0.235. The van der Waals surface area contributed by atoms with Crippen LogP contribution in [0.5, 0.6) is 0 Å². The fourth-order valence-electron chi connectivity index (χ4n) is 12.1. The van der Waals surface area contributed by atoms with Crippen molar-refractivity contribution in [2.75, 3.05) is 0 Å². The Morgan fingerprint density at radius 2 is 0.560 bits per heavy atom. The fourth-order valence-corrected chi connectivity index (χ4v) is 15.5. The van der Waals surface area contributed by atoms with Gasteiger partial charge in [-0.25, -0.2) is 70.8 Å². The number of nitrogens with zero attached hydrogens (tertiary/aromatic N) is 1. The predicted molar refractivity (Wildman–Crippen MR) is 322 cm³/mol. The summed E-state index contributed by atoms with van der Waals surface area (Å²) in [5.41, 5.74) is -3.21. The summed E-state index contributed by atoms with van der Waals surface area (Å²) in [5, 5.41) is -0.248. The van der Waals surface area contributed by atoms with E-state index in [-0.39, 0.29) is 21.4 Å². The summed E-state index contributed by atoms with van der Waals surface area (Å²) in [5.74, 6) is -36.7. The molecule has 22 heteroatoms. The van der Waals surface area contributed by atoms with Crippen molar-refractivity contribution in [2.24, 2.45) is 4.99 Å². The highest BCUT2D eigenvalue weighted by atomic mass is 32.1. The van der Waals surface area contributed by atoms with Crippen molar-refractivity contribution in [3.8, 4) is 19.5 Å². The van der Waals surface area contributed by atoms with Crippen LogP contribution in [0.3, 0.4) is 0 Å². The lowest BCUT2D eigenvalue weighted by Gasteiger charge is -2.15. The van der Waals surface area contributed by atoms with Gasteiger partial charge in [0.15, 0.2) is 69.8 Å². The van der Waals surface area contributed by atoms with Gasteiger partial charge in [0.1, 0.15) is 0 Å². The van der Waals surface area contributed by atoms with Gasteiger partial charge in [-0.1, -0.05) is 35.4 Å². The zero-order valence-electron chi connectivity index (χ0n) is 47.7. The molecule has 0 spiro atoms. The Morgan fingerprint density at radius 3 is 0.934 bits per heavy atom. The predicted octanol–water partition coefficient (Wildman–Crippen LogP) is 16.9. The van der Waals surface area contributed by atoms with Gasteiger partial charge in [-0.05, 0) is 160 Å². The van der Waals surface area contributed by atoms with Gasteiger partial charge < -0.3 is 15.0 Å². The SMILES string of the molecule is Cc1cc(C)c(/C2=c3\cc/c([nH]3)=C(\c3c(F)c(F)c(F)c(F)c3F)C3=N/C(=C(\c4c(F)c(F)c(F)c(F)c4F)c4ccc([nH]4)/C(c4c(F)c(F)c(F)c(F)c4F)=c4/cc/c([nH]4)=C(\c4c(C)cc(C)cc4C)c4ccc(s4)-c4ccc(s4)-c4ccc2s4)C=C3)c(C)c1. The molecule has 0 unspecified atom stereocenters. The van der Waals surface area contributed by atoms with Crippen LogP contribution in [-0.4, -0.2) is 20.7 Å². The first kappa shape index (κ1) is 60.5. The van der Waals surface area contributed by atoms with E-state index in [1.807, 2.05) is 102 Å². The monoisotopic (exact) mass is 1300 g/mol. The van der Waals surface area contributed by atoms with Crippen LogP contribution in [0.1, 0.15) is 82.3 Å². The molecule has 0 aliphatic carbocycles. The van der Waals surface area contributed by atoms with Crippen LogP contribution in [-0.2, 0) is 0 Å². The zero-order valence-corrected chi connectivity index (χ0v) is 50.2. The normalized spacial score (nSPS) is 16.6. The summed E-state index contributed by atoms with van der Waals surface area (Å²) in [6.07, 6.45) is 1.74. The van der Waals surface area contributed by atoms with Gasteiger partial charge in [0.05, 0.1) is 28.1 Å². The van der Waals surface area contributed by atoms with Crippen molar-refractivity contribution in [1.29, 1.82) is 0 Å². The van der Waals surface area contributed by atoms with Crippen LogP contribution in [0.25, 0.3) is 47.4 Å². The highest BCUT2D eigenvalue weighted by molar-refractivity contribution is 7.27. The van der Waals surface area contributed by atoms with Gasteiger partial charge in [0.2, 0.25) is 17.5 Å². The van der Waals surface area contributed by atoms with Gasteiger partial charge in [-0.15, -0.1) is 34.0 Å². The molecule has 5 aromatic carbocycles. The van der Waals surface area contributed by atoms with E-state index in [1.165, 1.54) is 58.3 Å². The number of aliphatic imine (C=N–C) groups is 1. The molecule has 4 nitrogen and oxygen atoms in total. The number of aryl methyl sites for hydroxylation is 6. The smallest absolute Gasteiger partial charge is 0.200 e. The molecule has 13 rings (SSSR count). The number of allylic oxidation sites excluding steroid dienone is 2. The summed E-state index contributed by atoms with van der Waals surface area (Å²) >= 11 is 4.23. The third-order valence-electron chi connectivity index (χ3n) is 15.9. The average molecular weight is 1310 g/mol. The second-order valence-corrected chi connectivity index (χ2v) is 25.1. The van der Waals surface area contributed by atoms with Gasteiger partial charge in [-0.2, -0.15) is 0 Å². The lowest BCUT2D eigenvalue weighted by atomic mass is 9.92. The van der Waals surface area contributed by atoms with E-state index in [2.05, 4.69) is 19.9 Å². The second-order valence-electron chi connectivity index (χ2n) is 21.8.